The first-order chi connectivity index (χ1) is 7.98. The molecule has 3 nitrogen and oxygen atoms in total. The van der Waals surface area contributed by atoms with E-state index in [1.165, 1.54) is 0 Å². The van der Waals surface area contributed by atoms with E-state index in [1.807, 2.05) is 34.6 Å². The summed E-state index contributed by atoms with van der Waals surface area (Å²) in [5.41, 5.74) is 0. The van der Waals surface area contributed by atoms with Gasteiger partial charge in [0.15, 0.2) is 0 Å². The summed E-state index contributed by atoms with van der Waals surface area (Å²) in [5, 5.41) is 0. The molecule has 0 spiro atoms. The Morgan fingerprint density at radius 3 is 2.00 bits per heavy atom. The van der Waals surface area contributed by atoms with Gasteiger partial charge in [-0.3, -0.25) is 0 Å². The summed E-state index contributed by atoms with van der Waals surface area (Å²) in [7, 11) is -4.32. The lowest BCUT2D eigenvalue weighted by molar-refractivity contribution is 0.222. The molecule has 6 heteroatoms. The highest BCUT2D eigenvalue weighted by molar-refractivity contribution is 7.89. The molecule has 1 unspecified atom stereocenters. The maximum atomic E-state index is 12.1. The second-order valence-corrected chi connectivity index (χ2v) is 5.13. The van der Waals surface area contributed by atoms with Crippen LogP contribution in [0.1, 0.15) is 47.5 Å². The Morgan fingerprint density at radius 2 is 1.71 bits per heavy atom. The average Bonchev–Trinajstić information content (AvgIpc) is 2.83. The summed E-state index contributed by atoms with van der Waals surface area (Å²) >= 11 is 0. The third kappa shape index (κ3) is 5.77. The Bertz CT molecular complexity index is 269. The molecule has 0 aromatic carbocycles. The van der Waals surface area contributed by atoms with Crippen LogP contribution in [0.5, 0.6) is 0 Å². The van der Waals surface area contributed by atoms with E-state index < -0.39 is 15.8 Å². The predicted molar refractivity (Wildman–Crippen MR) is 67.6 cm³/mol. The number of halogens is 2. The van der Waals surface area contributed by atoms with E-state index in [0.717, 1.165) is 10.7 Å². The van der Waals surface area contributed by atoms with Crippen LogP contribution in [-0.2, 0) is 10.0 Å². The third-order valence-corrected chi connectivity index (χ3v) is 3.91. The number of hydrogen-bond acceptors (Lipinski definition) is 2. The fourth-order valence-corrected chi connectivity index (χ4v) is 2.48. The number of rotatable bonds is 3. The van der Waals surface area contributed by atoms with Crippen LogP contribution in [0.25, 0.3) is 0 Å². The molecule has 0 aromatic rings. The maximum absolute atomic E-state index is 12.1. The molecule has 106 valence electrons. The first-order valence-electron chi connectivity index (χ1n) is 6.25. The lowest BCUT2D eigenvalue weighted by Crippen LogP contribution is -2.33. The van der Waals surface area contributed by atoms with Crippen molar-refractivity contribution in [2.75, 3.05) is 13.1 Å². The Balaban J connectivity index is 0. The van der Waals surface area contributed by atoms with Gasteiger partial charge in [-0.15, -0.1) is 0 Å². The Kier molecular flexibility index (Phi) is 11.0. The zero-order chi connectivity index (χ0) is 14.1. The molecule has 0 N–H and O–H groups in total. The molecule has 0 aliphatic carbocycles. The molecule has 1 aliphatic heterocycles. The molecule has 1 saturated heterocycles. The van der Waals surface area contributed by atoms with Gasteiger partial charge in [-0.05, 0) is 12.3 Å². The van der Waals surface area contributed by atoms with Crippen molar-refractivity contribution in [2.45, 2.75) is 53.2 Å². The minimum atomic E-state index is -4.32. The molecular weight excluding hydrogens is 248 g/mol. The summed E-state index contributed by atoms with van der Waals surface area (Å²) in [6.45, 7) is 10.4. The highest BCUT2D eigenvalue weighted by Gasteiger charge is 2.36. The van der Waals surface area contributed by atoms with E-state index in [4.69, 9.17) is 0 Å². The number of hydrogen-bond donors (Lipinski definition) is 0. The van der Waals surface area contributed by atoms with Gasteiger partial charge >= 0.3 is 5.76 Å². The highest BCUT2D eigenvalue weighted by Crippen LogP contribution is 2.24. The molecule has 1 fully saturated rings. The van der Waals surface area contributed by atoms with E-state index >= 15 is 0 Å². The Labute approximate surface area is 104 Å². The third-order valence-electron chi connectivity index (χ3n) is 2.41. The summed E-state index contributed by atoms with van der Waals surface area (Å²) < 4.78 is 47.0. The van der Waals surface area contributed by atoms with Crippen molar-refractivity contribution in [2.24, 2.45) is 5.92 Å². The average molecular weight is 273 g/mol. The number of alkyl halides is 2. The Morgan fingerprint density at radius 1 is 1.24 bits per heavy atom. The quantitative estimate of drug-likeness (QED) is 0.791. The van der Waals surface area contributed by atoms with Crippen molar-refractivity contribution < 1.29 is 17.2 Å². The van der Waals surface area contributed by atoms with E-state index in [2.05, 4.69) is 0 Å². The van der Waals surface area contributed by atoms with Crippen LogP contribution in [0.3, 0.4) is 0 Å². The van der Waals surface area contributed by atoms with Crippen LogP contribution in [-0.4, -0.2) is 31.6 Å². The molecule has 17 heavy (non-hydrogen) atoms. The smallest absolute Gasteiger partial charge is 0.206 e. The first-order valence-corrected chi connectivity index (χ1v) is 7.76. The van der Waals surface area contributed by atoms with E-state index in [9.17, 15) is 17.2 Å². The van der Waals surface area contributed by atoms with Crippen LogP contribution in [0, 0.1) is 5.92 Å². The monoisotopic (exact) mass is 273 g/mol. The predicted octanol–water partition coefficient (Wildman–Crippen LogP) is 3.32. The SMILES string of the molecule is CC.CC.CCC1CCN(S(=O)(=O)C(F)F)C1. The van der Waals surface area contributed by atoms with Crippen molar-refractivity contribution in [3.8, 4) is 0 Å². The van der Waals surface area contributed by atoms with E-state index in [0.29, 0.717) is 6.42 Å². The molecule has 0 radical (unpaired) electrons. The Hall–Kier alpha value is -0.230. The molecule has 1 atom stereocenters. The summed E-state index contributed by atoms with van der Waals surface area (Å²) in [4.78, 5) is 0. The van der Waals surface area contributed by atoms with Gasteiger partial charge in [0.05, 0.1) is 0 Å². The fraction of sp³-hybridized carbons (Fsp3) is 1.00. The van der Waals surface area contributed by atoms with Crippen LogP contribution in [0.4, 0.5) is 8.78 Å². The molecule has 1 rings (SSSR count). The van der Waals surface area contributed by atoms with Crippen molar-refractivity contribution >= 4 is 10.0 Å². The van der Waals surface area contributed by atoms with Crippen LogP contribution >= 0.6 is 0 Å². The minimum Gasteiger partial charge on any atom is -0.206 e. The summed E-state index contributed by atoms with van der Waals surface area (Å²) in [6.07, 6.45) is 1.54. The van der Waals surface area contributed by atoms with Crippen molar-refractivity contribution in [3.05, 3.63) is 0 Å². The zero-order valence-electron chi connectivity index (χ0n) is 11.4. The second kappa shape index (κ2) is 9.76. The molecule has 0 aromatic heterocycles. The van der Waals surface area contributed by atoms with Crippen LogP contribution < -0.4 is 0 Å². The van der Waals surface area contributed by atoms with Crippen molar-refractivity contribution in [3.63, 3.8) is 0 Å². The number of nitrogens with zero attached hydrogens (tertiary/aromatic N) is 1. The summed E-state index contributed by atoms with van der Waals surface area (Å²) in [6, 6.07) is 0. The van der Waals surface area contributed by atoms with E-state index in [1.54, 1.807) is 0 Å². The lowest BCUT2D eigenvalue weighted by atomic mass is 10.1. The molecule has 0 amide bonds. The first kappa shape index (κ1) is 19.1. The standard InChI is InChI=1S/C7H13F2NO2S.2C2H6/c1-2-6-3-4-10(5-6)13(11,12)7(8)9;2*1-2/h6-7H,2-5H2,1H3;2*1-2H3. The van der Waals surface area contributed by atoms with Crippen LogP contribution in [0.15, 0.2) is 0 Å². The van der Waals surface area contributed by atoms with Gasteiger partial charge in [0.1, 0.15) is 0 Å². The molecule has 0 saturated carbocycles. The topological polar surface area (TPSA) is 37.4 Å². The molecule has 1 aliphatic rings. The highest BCUT2D eigenvalue weighted by atomic mass is 32.2. The largest absolute Gasteiger partial charge is 0.350 e. The van der Waals surface area contributed by atoms with Crippen LogP contribution in [0.2, 0.25) is 0 Å². The minimum absolute atomic E-state index is 0.241. The van der Waals surface area contributed by atoms with Crippen molar-refractivity contribution in [1.29, 1.82) is 0 Å². The second-order valence-electron chi connectivity index (χ2n) is 3.23. The van der Waals surface area contributed by atoms with Gasteiger partial charge in [0, 0.05) is 13.1 Å². The fourth-order valence-electron chi connectivity index (χ4n) is 1.47. The maximum Gasteiger partial charge on any atom is 0.350 e. The molecule has 0 bridgehead atoms. The normalized spacial score (nSPS) is 20.4. The van der Waals surface area contributed by atoms with E-state index in [-0.39, 0.29) is 19.0 Å². The van der Waals surface area contributed by atoms with Gasteiger partial charge in [0.25, 0.3) is 10.0 Å². The summed E-state index contributed by atoms with van der Waals surface area (Å²) in [5.74, 6) is -3.03. The van der Waals surface area contributed by atoms with Gasteiger partial charge in [-0.1, -0.05) is 41.0 Å². The van der Waals surface area contributed by atoms with Gasteiger partial charge < -0.3 is 0 Å². The number of sulfonamides is 1. The molecular formula is C11H25F2NO2S. The zero-order valence-corrected chi connectivity index (χ0v) is 12.2. The lowest BCUT2D eigenvalue weighted by Gasteiger charge is -2.14. The van der Waals surface area contributed by atoms with Gasteiger partial charge in [0.2, 0.25) is 0 Å². The van der Waals surface area contributed by atoms with Crippen molar-refractivity contribution in [1.82, 2.24) is 4.31 Å². The van der Waals surface area contributed by atoms with Gasteiger partial charge in [-0.25, -0.2) is 8.42 Å². The molecule has 1 heterocycles. The van der Waals surface area contributed by atoms with Gasteiger partial charge in [-0.2, -0.15) is 13.1 Å².